The number of aromatic nitrogens is 1. The Hall–Kier alpha value is -0.220. The molecule has 0 spiro atoms. The number of halogens is 4. The van der Waals surface area contributed by atoms with Crippen LogP contribution in [0.25, 0.3) is 0 Å². The Morgan fingerprint density at radius 3 is 2.69 bits per heavy atom. The lowest BCUT2D eigenvalue weighted by atomic mass is 10.2. The highest BCUT2D eigenvalue weighted by atomic mass is 79.9. The lowest BCUT2D eigenvalue weighted by Gasteiger charge is -2.07. The fourth-order valence-electron chi connectivity index (χ4n) is 0.976. The van der Waals surface area contributed by atoms with Gasteiger partial charge in [0.05, 0.1) is 17.3 Å². The lowest BCUT2D eigenvalue weighted by Crippen LogP contribution is -1.96. The van der Waals surface area contributed by atoms with Crippen molar-refractivity contribution < 1.29 is 8.78 Å². The van der Waals surface area contributed by atoms with Crippen LogP contribution in [0, 0.1) is 6.92 Å². The van der Waals surface area contributed by atoms with Crippen LogP contribution in [0.3, 0.4) is 0 Å². The molecule has 72 valence electrons. The van der Waals surface area contributed by atoms with Crippen molar-refractivity contribution in [2.45, 2.75) is 19.2 Å². The van der Waals surface area contributed by atoms with Crippen molar-refractivity contribution in [1.29, 1.82) is 0 Å². The zero-order valence-electron chi connectivity index (χ0n) is 6.82. The number of alkyl halides is 3. The highest BCUT2D eigenvalue weighted by Crippen LogP contribution is 2.29. The minimum atomic E-state index is -2.50. The van der Waals surface area contributed by atoms with Crippen LogP contribution in [0.1, 0.15) is 23.4 Å². The predicted molar refractivity (Wildman–Crippen MR) is 51.2 cm³/mol. The minimum Gasteiger partial charge on any atom is -0.256 e. The Morgan fingerprint density at radius 1 is 1.62 bits per heavy atom. The van der Waals surface area contributed by atoms with Crippen molar-refractivity contribution in [2.24, 2.45) is 0 Å². The number of hydrogen-bond donors (Lipinski definition) is 0. The van der Waals surface area contributed by atoms with Crippen LogP contribution in [0.5, 0.6) is 0 Å². The van der Waals surface area contributed by atoms with Gasteiger partial charge in [-0.2, -0.15) is 0 Å². The smallest absolute Gasteiger partial charge is 0.256 e. The molecule has 0 aliphatic carbocycles. The van der Waals surface area contributed by atoms with Gasteiger partial charge in [-0.1, -0.05) is 0 Å². The van der Waals surface area contributed by atoms with Gasteiger partial charge in [0.25, 0.3) is 6.43 Å². The molecule has 0 saturated heterocycles. The van der Waals surface area contributed by atoms with E-state index in [0.29, 0.717) is 15.9 Å². The van der Waals surface area contributed by atoms with Gasteiger partial charge >= 0.3 is 0 Å². The SMILES string of the molecule is Cc1nc(CCl)cc(C(F)F)c1Br. The maximum atomic E-state index is 12.4. The van der Waals surface area contributed by atoms with E-state index in [2.05, 4.69) is 20.9 Å². The molecule has 0 aromatic carbocycles. The molecular formula is C8H7BrClF2N. The second-order valence-corrected chi connectivity index (χ2v) is 3.60. The third kappa shape index (κ3) is 2.38. The lowest BCUT2D eigenvalue weighted by molar-refractivity contribution is 0.150. The first-order valence-corrected chi connectivity index (χ1v) is 4.89. The van der Waals surface area contributed by atoms with Crippen molar-refractivity contribution in [3.8, 4) is 0 Å². The molecule has 1 aromatic heterocycles. The molecule has 0 N–H and O–H groups in total. The summed E-state index contributed by atoms with van der Waals surface area (Å²) in [6.07, 6.45) is -2.50. The van der Waals surface area contributed by atoms with E-state index >= 15 is 0 Å². The normalized spacial score (nSPS) is 10.9. The molecule has 1 rings (SSSR count). The zero-order valence-corrected chi connectivity index (χ0v) is 9.16. The van der Waals surface area contributed by atoms with E-state index in [4.69, 9.17) is 11.6 Å². The summed E-state index contributed by atoms with van der Waals surface area (Å²) in [7, 11) is 0. The van der Waals surface area contributed by atoms with Crippen molar-refractivity contribution >= 4 is 27.5 Å². The Labute approximate surface area is 88.2 Å². The highest BCUT2D eigenvalue weighted by molar-refractivity contribution is 9.10. The first-order valence-electron chi connectivity index (χ1n) is 3.56. The summed E-state index contributed by atoms with van der Waals surface area (Å²) >= 11 is 8.56. The quantitative estimate of drug-likeness (QED) is 0.744. The monoisotopic (exact) mass is 269 g/mol. The van der Waals surface area contributed by atoms with Crippen LogP contribution in [0.4, 0.5) is 8.78 Å². The molecule has 0 fully saturated rings. The van der Waals surface area contributed by atoms with E-state index in [1.807, 2.05) is 0 Å². The van der Waals surface area contributed by atoms with Crippen molar-refractivity contribution in [3.63, 3.8) is 0 Å². The molecule has 0 amide bonds. The summed E-state index contributed by atoms with van der Waals surface area (Å²) in [5, 5.41) is 0. The second kappa shape index (κ2) is 4.33. The largest absolute Gasteiger partial charge is 0.265 e. The van der Waals surface area contributed by atoms with Crippen LogP contribution < -0.4 is 0 Å². The summed E-state index contributed by atoms with van der Waals surface area (Å²) in [5.41, 5.74) is 0.953. The molecular weight excluding hydrogens is 263 g/mol. The van der Waals surface area contributed by atoms with E-state index in [9.17, 15) is 8.78 Å². The van der Waals surface area contributed by atoms with Gasteiger partial charge < -0.3 is 0 Å². The van der Waals surface area contributed by atoms with Crippen molar-refractivity contribution in [1.82, 2.24) is 4.98 Å². The second-order valence-electron chi connectivity index (χ2n) is 2.54. The molecule has 1 heterocycles. The van der Waals surface area contributed by atoms with Crippen LogP contribution in [-0.2, 0) is 5.88 Å². The Bertz CT molecular complexity index is 317. The topological polar surface area (TPSA) is 12.9 Å². The summed E-state index contributed by atoms with van der Waals surface area (Å²) in [5.74, 6) is 0.147. The van der Waals surface area contributed by atoms with Gasteiger partial charge in [0.1, 0.15) is 0 Å². The number of nitrogens with zero attached hydrogens (tertiary/aromatic N) is 1. The van der Waals surface area contributed by atoms with E-state index in [1.54, 1.807) is 6.92 Å². The van der Waals surface area contributed by atoms with E-state index in [0.717, 1.165) is 0 Å². The average Bonchev–Trinajstić information content (AvgIpc) is 2.09. The molecule has 0 aliphatic rings. The predicted octanol–water partition coefficient (Wildman–Crippen LogP) is 3.83. The Balaban J connectivity index is 3.25. The number of rotatable bonds is 2. The molecule has 0 radical (unpaired) electrons. The number of hydrogen-bond acceptors (Lipinski definition) is 1. The summed E-state index contributed by atoms with van der Waals surface area (Å²) < 4.78 is 25.2. The number of aryl methyl sites for hydroxylation is 1. The molecule has 0 bridgehead atoms. The minimum absolute atomic E-state index is 0.0526. The molecule has 5 heteroatoms. The molecule has 0 atom stereocenters. The molecule has 13 heavy (non-hydrogen) atoms. The molecule has 0 unspecified atom stereocenters. The Morgan fingerprint density at radius 2 is 2.23 bits per heavy atom. The highest BCUT2D eigenvalue weighted by Gasteiger charge is 2.15. The van der Waals surface area contributed by atoms with Gasteiger partial charge in [-0.05, 0) is 28.9 Å². The van der Waals surface area contributed by atoms with Crippen LogP contribution in [0.15, 0.2) is 10.5 Å². The zero-order chi connectivity index (χ0) is 10.0. The van der Waals surface area contributed by atoms with E-state index in [1.165, 1.54) is 6.07 Å². The fourth-order valence-corrected chi connectivity index (χ4v) is 1.49. The standard InChI is InChI=1S/C8H7BrClF2N/c1-4-7(9)6(8(11)12)2-5(3-10)13-4/h2,8H,3H2,1H3. The third-order valence-electron chi connectivity index (χ3n) is 1.58. The van der Waals surface area contributed by atoms with Crippen LogP contribution >= 0.6 is 27.5 Å². The third-order valence-corrected chi connectivity index (χ3v) is 2.88. The number of pyridine rings is 1. The first-order chi connectivity index (χ1) is 6.06. The molecule has 0 saturated carbocycles. The fraction of sp³-hybridized carbons (Fsp3) is 0.375. The molecule has 1 nitrogen and oxygen atoms in total. The van der Waals surface area contributed by atoms with Crippen molar-refractivity contribution in [3.05, 3.63) is 27.5 Å². The van der Waals surface area contributed by atoms with Gasteiger partial charge in [0.2, 0.25) is 0 Å². The van der Waals surface area contributed by atoms with Gasteiger partial charge in [0.15, 0.2) is 0 Å². The molecule has 0 aliphatic heterocycles. The van der Waals surface area contributed by atoms with Crippen LogP contribution in [-0.4, -0.2) is 4.98 Å². The average molecular weight is 271 g/mol. The van der Waals surface area contributed by atoms with Crippen molar-refractivity contribution in [2.75, 3.05) is 0 Å². The molecule has 1 aromatic rings. The van der Waals surface area contributed by atoms with E-state index < -0.39 is 6.43 Å². The van der Waals surface area contributed by atoms with Gasteiger partial charge in [0, 0.05) is 10.0 Å². The van der Waals surface area contributed by atoms with Crippen LogP contribution in [0.2, 0.25) is 0 Å². The summed E-state index contributed by atoms with van der Waals surface area (Å²) in [6.45, 7) is 1.66. The summed E-state index contributed by atoms with van der Waals surface area (Å²) in [4.78, 5) is 4.02. The maximum Gasteiger partial charge on any atom is 0.265 e. The van der Waals surface area contributed by atoms with Gasteiger partial charge in [-0.3, -0.25) is 4.98 Å². The van der Waals surface area contributed by atoms with Gasteiger partial charge in [-0.15, -0.1) is 11.6 Å². The first kappa shape index (κ1) is 10.9. The van der Waals surface area contributed by atoms with Gasteiger partial charge in [-0.25, -0.2) is 8.78 Å². The maximum absolute atomic E-state index is 12.4. The Kier molecular flexibility index (Phi) is 3.62. The van der Waals surface area contributed by atoms with E-state index in [-0.39, 0.29) is 11.4 Å². The summed E-state index contributed by atoms with van der Waals surface area (Å²) in [6, 6.07) is 1.31.